The predicted octanol–water partition coefficient (Wildman–Crippen LogP) is 3.04. The Hall–Kier alpha value is -3.36. The van der Waals surface area contributed by atoms with Crippen LogP contribution in [0.3, 0.4) is 0 Å². The molecule has 0 atom stereocenters. The van der Waals surface area contributed by atoms with E-state index in [9.17, 15) is 26.3 Å². The number of hydrogen-bond acceptors (Lipinski definition) is 6. The topological polar surface area (TPSA) is 118 Å². The zero-order valence-electron chi connectivity index (χ0n) is 18.0. The highest BCUT2D eigenvalue weighted by Gasteiger charge is 2.38. The maximum absolute atomic E-state index is 10.6. The van der Waals surface area contributed by atoms with Crippen molar-refractivity contribution in [3.05, 3.63) is 41.3 Å². The molecule has 0 aromatic carbocycles. The van der Waals surface area contributed by atoms with Gasteiger partial charge >= 0.3 is 24.3 Å². The van der Waals surface area contributed by atoms with Crippen LogP contribution in [0.15, 0.2) is 24.5 Å². The summed E-state index contributed by atoms with van der Waals surface area (Å²) in [5.74, 6) is -4.73. The molecule has 9 nitrogen and oxygen atoms in total. The second kappa shape index (κ2) is 12.2. The number of ether oxygens (including phenoxy) is 1. The molecule has 0 radical (unpaired) electrons. The van der Waals surface area contributed by atoms with Crippen molar-refractivity contribution in [3.8, 4) is 5.88 Å². The summed E-state index contributed by atoms with van der Waals surface area (Å²) in [6, 6.07) is 4.12. The molecular formula is C19H22F6N4O5. The zero-order chi connectivity index (χ0) is 26.1. The number of carbonyl (C=O) groups is 2. The fraction of sp³-hybridized carbons (Fsp3) is 0.474. The molecule has 1 aliphatic heterocycles. The van der Waals surface area contributed by atoms with Crippen molar-refractivity contribution in [3.63, 3.8) is 0 Å². The number of halogens is 6. The molecule has 0 bridgehead atoms. The molecule has 0 fully saturated rings. The Morgan fingerprint density at radius 2 is 1.68 bits per heavy atom. The van der Waals surface area contributed by atoms with Crippen LogP contribution in [-0.2, 0) is 36.1 Å². The number of aliphatic carboxylic acids is 2. The third-order valence-electron chi connectivity index (χ3n) is 4.32. The Labute approximate surface area is 189 Å². The van der Waals surface area contributed by atoms with E-state index in [1.807, 2.05) is 30.2 Å². The maximum Gasteiger partial charge on any atom is 0.490 e. The first-order chi connectivity index (χ1) is 15.7. The number of pyridine rings is 1. The van der Waals surface area contributed by atoms with Gasteiger partial charge in [0.05, 0.1) is 12.8 Å². The molecule has 0 aliphatic carbocycles. The van der Waals surface area contributed by atoms with Gasteiger partial charge in [-0.1, -0.05) is 6.07 Å². The molecular weight excluding hydrogens is 478 g/mol. The number of carboxylic acid groups (broad SMARTS) is 2. The third kappa shape index (κ3) is 9.25. The molecule has 190 valence electrons. The highest BCUT2D eigenvalue weighted by atomic mass is 19.4. The zero-order valence-corrected chi connectivity index (χ0v) is 18.0. The standard InChI is InChI=1S/C15H20N4O.2C2HF3O2/c1-18-14-11-19(10-12-5-3-7-16-9-12)8-4-6-13(14)15(17-18)20-2;2*3-2(4,5)1(6)7/h3,5,7,9H,4,6,8,10-11H2,1-2H3;2*(H,6,7). The Bertz CT molecular complexity index is 923. The maximum atomic E-state index is 10.6. The second-order valence-electron chi connectivity index (χ2n) is 6.84. The molecule has 1 aliphatic rings. The molecule has 2 N–H and O–H groups in total. The van der Waals surface area contributed by atoms with E-state index < -0.39 is 24.3 Å². The fourth-order valence-corrected chi connectivity index (χ4v) is 2.84. The summed E-state index contributed by atoms with van der Waals surface area (Å²) >= 11 is 0. The van der Waals surface area contributed by atoms with Gasteiger partial charge in [-0.3, -0.25) is 14.6 Å². The molecule has 2 aromatic rings. The largest absolute Gasteiger partial charge is 0.490 e. The van der Waals surface area contributed by atoms with Crippen LogP contribution in [0.4, 0.5) is 26.3 Å². The van der Waals surface area contributed by atoms with Gasteiger partial charge in [-0.15, -0.1) is 5.10 Å². The minimum atomic E-state index is -5.08. The van der Waals surface area contributed by atoms with Gasteiger partial charge in [-0.2, -0.15) is 26.3 Å². The van der Waals surface area contributed by atoms with Crippen molar-refractivity contribution < 1.29 is 50.9 Å². The molecule has 0 amide bonds. The SMILES string of the molecule is COc1nn(C)c2c1CCCN(Cc1cccnc1)C2.O=C(O)C(F)(F)F.O=C(O)C(F)(F)F. The van der Waals surface area contributed by atoms with Gasteiger partial charge in [0.15, 0.2) is 0 Å². The highest BCUT2D eigenvalue weighted by Crippen LogP contribution is 2.27. The summed E-state index contributed by atoms with van der Waals surface area (Å²) in [7, 11) is 3.69. The van der Waals surface area contributed by atoms with E-state index in [0.29, 0.717) is 0 Å². The summed E-state index contributed by atoms with van der Waals surface area (Å²) in [6.45, 7) is 2.94. The van der Waals surface area contributed by atoms with Crippen LogP contribution in [0.2, 0.25) is 0 Å². The number of methoxy groups -OCH3 is 1. The van der Waals surface area contributed by atoms with Crippen LogP contribution in [-0.4, -0.2) is 67.8 Å². The summed E-state index contributed by atoms with van der Waals surface area (Å²) in [5.41, 5.74) is 3.79. The van der Waals surface area contributed by atoms with Crippen LogP contribution in [0.25, 0.3) is 0 Å². The van der Waals surface area contributed by atoms with Gasteiger partial charge in [0.25, 0.3) is 0 Å². The lowest BCUT2D eigenvalue weighted by Gasteiger charge is -2.20. The summed E-state index contributed by atoms with van der Waals surface area (Å²) in [4.78, 5) is 24.4. The van der Waals surface area contributed by atoms with Crippen LogP contribution in [0.1, 0.15) is 23.2 Å². The van der Waals surface area contributed by atoms with Gasteiger partial charge in [-0.25, -0.2) is 9.59 Å². The lowest BCUT2D eigenvalue weighted by atomic mass is 10.1. The van der Waals surface area contributed by atoms with E-state index in [0.717, 1.165) is 38.4 Å². The molecule has 0 saturated carbocycles. The number of carboxylic acids is 2. The van der Waals surface area contributed by atoms with E-state index in [4.69, 9.17) is 24.5 Å². The molecule has 0 unspecified atom stereocenters. The van der Waals surface area contributed by atoms with Crippen molar-refractivity contribution in [2.75, 3.05) is 13.7 Å². The quantitative estimate of drug-likeness (QED) is 0.618. The van der Waals surface area contributed by atoms with E-state index in [1.165, 1.54) is 16.8 Å². The Balaban J connectivity index is 0.000000343. The number of alkyl halides is 6. The van der Waals surface area contributed by atoms with Crippen molar-refractivity contribution in [2.45, 2.75) is 38.3 Å². The van der Waals surface area contributed by atoms with Crippen LogP contribution >= 0.6 is 0 Å². The number of aryl methyl sites for hydroxylation is 1. The first kappa shape index (κ1) is 28.7. The molecule has 0 spiro atoms. The van der Waals surface area contributed by atoms with Crippen molar-refractivity contribution in [2.24, 2.45) is 7.05 Å². The third-order valence-corrected chi connectivity index (χ3v) is 4.32. The Morgan fingerprint density at radius 1 is 1.12 bits per heavy atom. The smallest absolute Gasteiger partial charge is 0.480 e. The number of rotatable bonds is 3. The van der Waals surface area contributed by atoms with E-state index in [1.54, 1.807) is 7.11 Å². The van der Waals surface area contributed by atoms with Gasteiger partial charge < -0.3 is 14.9 Å². The van der Waals surface area contributed by atoms with Crippen LogP contribution < -0.4 is 4.74 Å². The number of nitrogens with zero attached hydrogens (tertiary/aromatic N) is 4. The molecule has 0 saturated heterocycles. The molecule has 3 heterocycles. The van der Waals surface area contributed by atoms with Crippen molar-refractivity contribution in [1.29, 1.82) is 0 Å². The van der Waals surface area contributed by atoms with E-state index >= 15 is 0 Å². The summed E-state index contributed by atoms with van der Waals surface area (Å²) in [6.07, 6.45) is -4.24. The van der Waals surface area contributed by atoms with Crippen molar-refractivity contribution >= 4 is 11.9 Å². The lowest BCUT2D eigenvalue weighted by Crippen LogP contribution is -2.24. The van der Waals surface area contributed by atoms with Gasteiger partial charge in [-0.05, 0) is 31.0 Å². The number of hydrogen-bond donors (Lipinski definition) is 2. The van der Waals surface area contributed by atoms with Gasteiger partial charge in [0, 0.05) is 38.1 Å². The molecule has 34 heavy (non-hydrogen) atoms. The van der Waals surface area contributed by atoms with E-state index in [-0.39, 0.29) is 0 Å². The number of aromatic nitrogens is 3. The predicted molar refractivity (Wildman–Crippen MR) is 104 cm³/mol. The normalized spacial score (nSPS) is 13.9. The van der Waals surface area contributed by atoms with E-state index in [2.05, 4.69) is 21.0 Å². The average Bonchev–Trinajstić information content (AvgIpc) is 2.89. The van der Waals surface area contributed by atoms with Crippen LogP contribution in [0, 0.1) is 0 Å². The fourth-order valence-electron chi connectivity index (χ4n) is 2.84. The second-order valence-corrected chi connectivity index (χ2v) is 6.84. The minimum absolute atomic E-state index is 0.783. The Morgan fingerprint density at radius 3 is 2.12 bits per heavy atom. The monoisotopic (exact) mass is 500 g/mol. The molecule has 15 heteroatoms. The average molecular weight is 500 g/mol. The Kier molecular flexibility index (Phi) is 10.3. The highest BCUT2D eigenvalue weighted by molar-refractivity contribution is 5.73. The first-order valence-corrected chi connectivity index (χ1v) is 9.47. The molecule has 3 rings (SSSR count). The van der Waals surface area contributed by atoms with Gasteiger partial charge in [0.2, 0.25) is 5.88 Å². The summed E-state index contributed by atoms with van der Waals surface area (Å²) < 4.78 is 70.8. The first-order valence-electron chi connectivity index (χ1n) is 9.47. The van der Waals surface area contributed by atoms with Crippen molar-refractivity contribution in [1.82, 2.24) is 19.7 Å². The number of fused-ring (bicyclic) bond motifs is 1. The lowest BCUT2D eigenvalue weighted by molar-refractivity contribution is -0.193. The molecule has 2 aromatic heterocycles. The van der Waals surface area contributed by atoms with Gasteiger partial charge in [0.1, 0.15) is 0 Å². The summed E-state index contributed by atoms with van der Waals surface area (Å²) in [5, 5.41) is 18.7. The minimum Gasteiger partial charge on any atom is -0.480 e. The van der Waals surface area contributed by atoms with Crippen LogP contribution in [0.5, 0.6) is 5.88 Å².